The monoisotopic (exact) mass is 253 g/mol. The number of rotatable bonds is 12. The van der Waals surface area contributed by atoms with Crippen molar-refractivity contribution >= 4 is 15.2 Å². The maximum Gasteiger partial charge on any atom is 0.200 e. The Hall–Kier alpha value is 0.532. The summed E-state index contributed by atoms with van der Waals surface area (Å²) in [5, 5.41) is 3.14. The molecule has 0 saturated heterocycles. The Morgan fingerprint density at radius 3 is 1.41 bits per heavy atom. The molecule has 101 valence electrons. The highest BCUT2D eigenvalue weighted by Gasteiger charge is 2.10. The van der Waals surface area contributed by atoms with Crippen molar-refractivity contribution < 1.29 is 0 Å². The van der Waals surface area contributed by atoms with E-state index in [1.165, 1.54) is 51.4 Å². The van der Waals surface area contributed by atoms with Gasteiger partial charge in [0.15, 0.2) is 0 Å². The summed E-state index contributed by atoms with van der Waals surface area (Å²) in [6.07, 6.45) is 11.5. The first-order valence-corrected chi connectivity index (χ1v) is 9.73. The second-order valence-electron chi connectivity index (χ2n) is 5.59. The fourth-order valence-electron chi connectivity index (χ4n) is 2.53. The topological polar surface area (TPSA) is 0 Å². The fraction of sp³-hybridized carbons (Fsp3) is 1.00. The number of hydrogen-bond donors (Lipinski definition) is 0. The summed E-state index contributed by atoms with van der Waals surface area (Å²) in [5.74, 6) is 2.10. The van der Waals surface area contributed by atoms with Crippen molar-refractivity contribution in [2.75, 3.05) is 0 Å². The molecule has 0 saturated carbocycles. The molecule has 0 amide bonds. The van der Waals surface area contributed by atoms with Gasteiger partial charge in [-0.1, -0.05) is 90.9 Å². The predicted octanol–water partition coefficient (Wildman–Crippen LogP) is 5.96. The van der Waals surface area contributed by atoms with Crippen LogP contribution in [0.2, 0.25) is 10.6 Å². The Balaban J connectivity index is 3.61. The molecule has 0 spiro atoms. The Bertz CT molecular complexity index is 128. The van der Waals surface area contributed by atoms with E-state index in [9.17, 15) is 0 Å². The zero-order valence-corrected chi connectivity index (χ0v) is 14.0. The molecule has 0 aliphatic heterocycles. The van der Waals surface area contributed by atoms with Crippen LogP contribution in [-0.2, 0) is 0 Å². The van der Waals surface area contributed by atoms with Gasteiger partial charge in [0.25, 0.3) is 0 Å². The van der Waals surface area contributed by atoms with E-state index in [-0.39, 0.29) is 0 Å². The van der Waals surface area contributed by atoms with Gasteiger partial charge in [0.05, 0.1) is 0 Å². The minimum atomic E-state index is 0.734. The highest BCUT2D eigenvalue weighted by molar-refractivity contribution is 6.35. The highest BCUT2D eigenvalue weighted by atomic mass is 27.1. The molecule has 0 fully saturated rings. The van der Waals surface area contributed by atoms with Crippen molar-refractivity contribution in [2.45, 2.75) is 89.6 Å². The van der Waals surface area contributed by atoms with Gasteiger partial charge in [-0.05, 0) is 0 Å². The van der Waals surface area contributed by atoms with E-state index in [2.05, 4.69) is 27.7 Å². The first-order chi connectivity index (χ1) is 8.28. The summed E-state index contributed by atoms with van der Waals surface area (Å²) in [4.78, 5) is 0. The zero-order valence-electron chi connectivity index (χ0n) is 12.8. The molecule has 2 unspecified atom stereocenters. The van der Waals surface area contributed by atoms with E-state index >= 15 is 0 Å². The molecule has 0 aromatic heterocycles. The van der Waals surface area contributed by atoms with Crippen LogP contribution >= 0.6 is 0 Å². The second kappa shape index (κ2) is 13.0. The smallest absolute Gasteiger partial charge is 0.101 e. The van der Waals surface area contributed by atoms with Gasteiger partial charge in [0, 0.05) is 0 Å². The minimum absolute atomic E-state index is 0.734. The average molecular weight is 253 g/mol. The lowest BCUT2D eigenvalue weighted by Crippen LogP contribution is -2.08. The van der Waals surface area contributed by atoms with Crippen LogP contribution in [0, 0.1) is 11.8 Å². The van der Waals surface area contributed by atoms with Crippen molar-refractivity contribution in [3.8, 4) is 0 Å². The standard InChI is InChI=1S/2C8H17.Al/c2*1-4-6-7-8(3)5-2;/h2*8H,3-7H2,1-2H3;. The molecule has 0 aromatic rings. The molecule has 1 radical (unpaired) electrons. The van der Waals surface area contributed by atoms with Crippen molar-refractivity contribution in [3.05, 3.63) is 0 Å². The Morgan fingerprint density at radius 1 is 0.706 bits per heavy atom. The van der Waals surface area contributed by atoms with Crippen LogP contribution in [0.4, 0.5) is 0 Å². The van der Waals surface area contributed by atoms with Gasteiger partial charge in [-0.2, -0.15) is 0 Å². The largest absolute Gasteiger partial charge is 0.200 e. The van der Waals surface area contributed by atoms with E-state index in [0.29, 0.717) is 0 Å². The molecule has 1 heteroatoms. The van der Waals surface area contributed by atoms with Crippen molar-refractivity contribution in [1.29, 1.82) is 0 Å². The maximum absolute atomic E-state index is 2.38. The summed E-state index contributed by atoms with van der Waals surface area (Å²) in [6, 6.07) is 0. The molecule has 17 heavy (non-hydrogen) atoms. The van der Waals surface area contributed by atoms with Gasteiger partial charge in [-0.15, -0.1) is 10.6 Å². The molecule has 2 atom stereocenters. The quantitative estimate of drug-likeness (QED) is 0.376. The lowest BCUT2D eigenvalue weighted by molar-refractivity contribution is 0.474. The Labute approximate surface area is 117 Å². The van der Waals surface area contributed by atoms with Crippen molar-refractivity contribution in [2.24, 2.45) is 11.8 Å². The molecule has 0 bridgehead atoms. The number of hydrogen-bond acceptors (Lipinski definition) is 0. The van der Waals surface area contributed by atoms with Gasteiger partial charge in [0.1, 0.15) is 0 Å². The second-order valence-corrected chi connectivity index (χ2v) is 7.11. The molecular weight excluding hydrogens is 219 g/mol. The van der Waals surface area contributed by atoms with Gasteiger partial charge in [-0.25, -0.2) is 0 Å². The van der Waals surface area contributed by atoms with Gasteiger partial charge in [0.2, 0.25) is 15.2 Å². The van der Waals surface area contributed by atoms with Crippen molar-refractivity contribution in [1.82, 2.24) is 0 Å². The maximum atomic E-state index is 2.38. The SMILES string of the molecule is CCCCC(CC)[CH2][Al][CH2]C(CC)CCCC. The van der Waals surface area contributed by atoms with Crippen LogP contribution in [0.25, 0.3) is 0 Å². The van der Waals surface area contributed by atoms with E-state index in [1.54, 1.807) is 10.6 Å². The van der Waals surface area contributed by atoms with E-state index in [4.69, 9.17) is 0 Å². The van der Waals surface area contributed by atoms with Crippen molar-refractivity contribution in [3.63, 3.8) is 0 Å². The van der Waals surface area contributed by atoms with E-state index < -0.39 is 0 Å². The normalized spacial score (nSPS) is 14.6. The summed E-state index contributed by atoms with van der Waals surface area (Å²) >= 11 is 0.734. The van der Waals surface area contributed by atoms with Crippen LogP contribution in [-0.4, -0.2) is 15.2 Å². The third kappa shape index (κ3) is 10.2. The van der Waals surface area contributed by atoms with Crippen LogP contribution in [0.15, 0.2) is 0 Å². The molecule has 0 N–H and O–H groups in total. The van der Waals surface area contributed by atoms with Gasteiger partial charge >= 0.3 is 0 Å². The van der Waals surface area contributed by atoms with Gasteiger partial charge < -0.3 is 0 Å². The Morgan fingerprint density at radius 2 is 1.12 bits per heavy atom. The summed E-state index contributed by atoms with van der Waals surface area (Å²) < 4.78 is 0. The molecule has 0 nitrogen and oxygen atoms in total. The predicted molar refractivity (Wildman–Crippen MR) is 82.0 cm³/mol. The van der Waals surface area contributed by atoms with Crippen LogP contribution in [0.1, 0.15) is 79.1 Å². The molecule has 0 aliphatic carbocycles. The van der Waals surface area contributed by atoms with Gasteiger partial charge in [-0.3, -0.25) is 0 Å². The summed E-state index contributed by atoms with van der Waals surface area (Å²) in [5.41, 5.74) is 0. The highest BCUT2D eigenvalue weighted by Crippen LogP contribution is 2.21. The Kier molecular flexibility index (Phi) is 13.4. The third-order valence-electron chi connectivity index (χ3n) is 4.09. The molecule has 0 heterocycles. The lowest BCUT2D eigenvalue weighted by atomic mass is 10.0. The third-order valence-corrected chi connectivity index (χ3v) is 6.09. The van der Waals surface area contributed by atoms with Crippen LogP contribution in [0.3, 0.4) is 0 Å². The van der Waals surface area contributed by atoms with E-state index in [0.717, 1.165) is 27.1 Å². The zero-order chi connectivity index (χ0) is 12.9. The molecular formula is C16H34Al. The molecule has 0 aromatic carbocycles. The molecule has 0 rings (SSSR count). The average Bonchev–Trinajstić information content (AvgIpc) is 2.37. The summed E-state index contributed by atoms with van der Waals surface area (Å²) in [6.45, 7) is 9.40. The minimum Gasteiger partial charge on any atom is -0.101 e. The summed E-state index contributed by atoms with van der Waals surface area (Å²) in [7, 11) is 0. The first-order valence-electron chi connectivity index (χ1n) is 8.09. The van der Waals surface area contributed by atoms with Crippen LogP contribution < -0.4 is 0 Å². The lowest BCUT2D eigenvalue weighted by Gasteiger charge is -2.17. The number of unbranched alkanes of at least 4 members (excludes halogenated alkanes) is 2. The van der Waals surface area contributed by atoms with E-state index in [1.807, 2.05) is 0 Å². The molecule has 0 aliphatic rings. The van der Waals surface area contributed by atoms with Crippen LogP contribution in [0.5, 0.6) is 0 Å². The first kappa shape index (κ1) is 17.5. The fourth-order valence-corrected chi connectivity index (χ4v) is 4.80.